The van der Waals surface area contributed by atoms with Gasteiger partial charge in [0.25, 0.3) is 5.56 Å². The number of rotatable bonds is 7. The molecule has 0 spiro atoms. The molecule has 0 bridgehead atoms. The largest absolute Gasteiger partial charge is 0.497 e. The number of carbonyl (C=O) groups is 1. The van der Waals surface area contributed by atoms with Gasteiger partial charge in [0.15, 0.2) is 0 Å². The van der Waals surface area contributed by atoms with Crippen molar-refractivity contribution in [2.75, 3.05) is 7.11 Å². The van der Waals surface area contributed by atoms with Gasteiger partial charge in [-0.1, -0.05) is 12.1 Å². The summed E-state index contributed by atoms with van der Waals surface area (Å²) < 4.78 is 8.35. The molecular weight excluding hydrogens is 394 g/mol. The van der Waals surface area contributed by atoms with Crippen molar-refractivity contribution in [3.05, 3.63) is 77.3 Å². The fourth-order valence-electron chi connectivity index (χ4n) is 3.41. The Kier molecular flexibility index (Phi) is 5.79. The quantitative estimate of drug-likeness (QED) is 0.499. The monoisotopic (exact) mass is 417 g/mol. The third-order valence-electron chi connectivity index (χ3n) is 4.95. The molecule has 2 aromatic carbocycles. The van der Waals surface area contributed by atoms with E-state index in [0.29, 0.717) is 5.69 Å². The molecule has 4 aromatic rings. The van der Waals surface area contributed by atoms with Crippen LogP contribution in [0.2, 0.25) is 0 Å². The molecule has 0 saturated heterocycles. The van der Waals surface area contributed by atoms with Gasteiger partial charge in [-0.2, -0.15) is 5.10 Å². The molecule has 2 heterocycles. The average Bonchev–Trinajstić information content (AvgIpc) is 3.18. The Bertz CT molecular complexity index is 1260. The summed E-state index contributed by atoms with van der Waals surface area (Å²) in [5.74, 6) is 0.592. The van der Waals surface area contributed by atoms with Crippen LogP contribution in [0.1, 0.15) is 6.92 Å². The highest BCUT2D eigenvalue weighted by molar-refractivity contribution is 5.80. The summed E-state index contributed by atoms with van der Waals surface area (Å²) in [6, 6.07) is 18.0. The Morgan fingerprint density at radius 2 is 1.87 bits per heavy atom. The zero-order chi connectivity index (χ0) is 21.8. The lowest BCUT2D eigenvalue weighted by Gasteiger charge is -2.16. The minimum Gasteiger partial charge on any atom is -0.497 e. The maximum atomic E-state index is 12.5. The van der Waals surface area contributed by atoms with Gasteiger partial charge < -0.3 is 14.6 Å². The Morgan fingerprint density at radius 1 is 1.10 bits per heavy atom. The molecule has 0 unspecified atom stereocenters. The number of hydrogen-bond acceptors (Lipinski definition) is 5. The van der Waals surface area contributed by atoms with E-state index in [1.807, 2.05) is 55.5 Å². The van der Waals surface area contributed by atoms with E-state index in [0.717, 1.165) is 22.3 Å². The number of aromatic nitrogens is 4. The van der Waals surface area contributed by atoms with E-state index in [1.165, 1.54) is 10.7 Å². The SMILES string of the molecule is COc1ccc(-c2ccc(=O)n(C[C@H](C)NC(=O)Cn3cnc4ccccc43)n2)cc1. The topological polar surface area (TPSA) is 91.0 Å². The van der Waals surface area contributed by atoms with Gasteiger partial charge in [0, 0.05) is 17.7 Å². The lowest BCUT2D eigenvalue weighted by Crippen LogP contribution is -2.40. The number of nitrogens with zero attached hydrogens (tertiary/aromatic N) is 4. The van der Waals surface area contributed by atoms with Gasteiger partial charge in [0.2, 0.25) is 5.91 Å². The summed E-state index contributed by atoms with van der Waals surface area (Å²) in [6.45, 7) is 2.26. The Balaban J connectivity index is 1.43. The predicted octanol–water partition coefficient (Wildman–Crippen LogP) is 2.47. The number of benzene rings is 2. The zero-order valence-corrected chi connectivity index (χ0v) is 17.4. The summed E-state index contributed by atoms with van der Waals surface area (Å²) in [7, 11) is 1.61. The number of fused-ring (bicyclic) bond motifs is 1. The van der Waals surface area contributed by atoms with E-state index in [4.69, 9.17) is 4.74 Å². The Morgan fingerprint density at radius 3 is 2.65 bits per heavy atom. The zero-order valence-electron chi connectivity index (χ0n) is 17.4. The highest BCUT2D eigenvalue weighted by Crippen LogP contribution is 2.19. The maximum Gasteiger partial charge on any atom is 0.266 e. The molecule has 1 N–H and O–H groups in total. The second-order valence-corrected chi connectivity index (χ2v) is 7.30. The first kappa shape index (κ1) is 20.3. The van der Waals surface area contributed by atoms with Gasteiger partial charge in [-0.05, 0) is 49.4 Å². The molecule has 158 valence electrons. The van der Waals surface area contributed by atoms with Gasteiger partial charge in [0.05, 0.1) is 36.7 Å². The van der Waals surface area contributed by atoms with Crippen LogP contribution in [0, 0.1) is 0 Å². The van der Waals surface area contributed by atoms with Crippen molar-refractivity contribution < 1.29 is 9.53 Å². The van der Waals surface area contributed by atoms with Crippen LogP contribution in [-0.4, -0.2) is 38.4 Å². The number of carbonyl (C=O) groups excluding carboxylic acids is 1. The average molecular weight is 417 g/mol. The van der Waals surface area contributed by atoms with E-state index < -0.39 is 0 Å². The minimum absolute atomic E-state index is 0.152. The summed E-state index contributed by atoms with van der Waals surface area (Å²) in [4.78, 5) is 29.1. The van der Waals surface area contributed by atoms with E-state index in [-0.39, 0.29) is 30.6 Å². The molecule has 1 amide bonds. The first-order valence-electron chi connectivity index (χ1n) is 9.95. The second-order valence-electron chi connectivity index (χ2n) is 7.30. The first-order chi connectivity index (χ1) is 15.0. The van der Waals surface area contributed by atoms with Gasteiger partial charge in [-0.15, -0.1) is 0 Å². The van der Waals surface area contributed by atoms with Crippen molar-refractivity contribution in [3.8, 4) is 17.0 Å². The van der Waals surface area contributed by atoms with Crippen LogP contribution in [0.3, 0.4) is 0 Å². The van der Waals surface area contributed by atoms with Crippen molar-refractivity contribution in [2.45, 2.75) is 26.1 Å². The van der Waals surface area contributed by atoms with Crippen LogP contribution in [0.25, 0.3) is 22.3 Å². The molecule has 0 aliphatic heterocycles. The molecule has 8 heteroatoms. The minimum atomic E-state index is -0.279. The highest BCUT2D eigenvalue weighted by atomic mass is 16.5. The number of ether oxygens (including phenoxy) is 1. The van der Waals surface area contributed by atoms with Gasteiger partial charge in [-0.3, -0.25) is 9.59 Å². The van der Waals surface area contributed by atoms with Gasteiger partial charge >= 0.3 is 0 Å². The summed E-state index contributed by atoms with van der Waals surface area (Å²) in [5, 5.41) is 7.39. The smallest absolute Gasteiger partial charge is 0.266 e. The van der Waals surface area contributed by atoms with Crippen molar-refractivity contribution in [2.24, 2.45) is 0 Å². The number of methoxy groups -OCH3 is 1. The number of nitrogens with one attached hydrogen (secondary N) is 1. The standard InChI is InChI=1S/C23H23N5O3/c1-16(25-22(29)14-27-15-24-20-5-3-4-6-21(20)27)13-28-23(30)12-11-19(26-28)17-7-9-18(31-2)10-8-17/h3-12,15-16H,13-14H2,1-2H3,(H,25,29)/t16-/m0/s1. The van der Waals surface area contributed by atoms with Crippen molar-refractivity contribution in [1.82, 2.24) is 24.6 Å². The van der Waals surface area contributed by atoms with Gasteiger partial charge in [-0.25, -0.2) is 9.67 Å². The third kappa shape index (κ3) is 4.63. The van der Waals surface area contributed by atoms with Crippen LogP contribution in [0.4, 0.5) is 0 Å². The maximum absolute atomic E-state index is 12.5. The van der Waals surface area contributed by atoms with Crippen molar-refractivity contribution in [1.29, 1.82) is 0 Å². The Hall–Kier alpha value is -3.94. The summed E-state index contributed by atoms with van der Waals surface area (Å²) in [6.07, 6.45) is 1.65. The van der Waals surface area contributed by atoms with Crippen molar-refractivity contribution >= 4 is 16.9 Å². The fourth-order valence-corrected chi connectivity index (χ4v) is 3.41. The predicted molar refractivity (Wildman–Crippen MR) is 118 cm³/mol. The molecule has 1 atom stereocenters. The number of hydrogen-bond donors (Lipinski definition) is 1. The van der Waals surface area contributed by atoms with Crippen LogP contribution >= 0.6 is 0 Å². The van der Waals surface area contributed by atoms with Crippen LogP contribution in [-0.2, 0) is 17.9 Å². The van der Waals surface area contributed by atoms with E-state index in [2.05, 4.69) is 15.4 Å². The summed E-state index contributed by atoms with van der Waals surface area (Å²) >= 11 is 0. The van der Waals surface area contributed by atoms with E-state index in [1.54, 1.807) is 24.1 Å². The van der Waals surface area contributed by atoms with Crippen LogP contribution in [0.5, 0.6) is 5.75 Å². The molecule has 31 heavy (non-hydrogen) atoms. The summed E-state index contributed by atoms with van der Waals surface area (Å²) in [5.41, 5.74) is 3.06. The molecule has 0 radical (unpaired) electrons. The number of imidazole rings is 1. The molecule has 8 nitrogen and oxygen atoms in total. The molecule has 0 aliphatic carbocycles. The molecule has 0 saturated carbocycles. The molecule has 4 rings (SSSR count). The Labute approximate surface area is 179 Å². The molecule has 2 aromatic heterocycles. The molecule has 0 aliphatic rings. The highest BCUT2D eigenvalue weighted by Gasteiger charge is 2.12. The molecule has 0 fully saturated rings. The number of amides is 1. The first-order valence-corrected chi connectivity index (χ1v) is 9.95. The van der Waals surface area contributed by atoms with Gasteiger partial charge in [0.1, 0.15) is 12.3 Å². The van der Waals surface area contributed by atoms with E-state index >= 15 is 0 Å². The van der Waals surface area contributed by atoms with E-state index in [9.17, 15) is 9.59 Å². The lowest BCUT2D eigenvalue weighted by atomic mass is 10.1. The van der Waals surface area contributed by atoms with Crippen LogP contribution in [0.15, 0.2) is 71.8 Å². The second kappa shape index (κ2) is 8.83. The normalized spacial score (nSPS) is 11.9. The molecular formula is C23H23N5O3. The van der Waals surface area contributed by atoms with Crippen LogP contribution < -0.4 is 15.6 Å². The van der Waals surface area contributed by atoms with Crippen molar-refractivity contribution in [3.63, 3.8) is 0 Å². The fraction of sp³-hybridized carbons (Fsp3) is 0.217. The number of para-hydroxylation sites is 2. The lowest BCUT2D eigenvalue weighted by molar-refractivity contribution is -0.122. The third-order valence-corrected chi connectivity index (χ3v) is 4.95.